The van der Waals surface area contributed by atoms with Crippen molar-refractivity contribution in [1.82, 2.24) is 0 Å². The fourth-order valence-corrected chi connectivity index (χ4v) is 1.54. The van der Waals surface area contributed by atoms with E-state index in [1.54, 1.807) is 0 Å². The summed E-state index contributed by atoms with van der Waals surface area (Å²) in [6.07, 6.45) is 0.162. The van der Waals surface area contributed by atoms with Crippen molar-refractivity contribution in [3.63, 3.8) is 0 Å². The van der Waals surface area contributed by atoms with Gasteiger partial charge in [-0.15, -0.1) is 0 Å². The summed E-state index contributed by atoms with van der Waals surface area (Å²) in [5.41, 5.74) is -0.0938. The highest BCUT2D eigenvalue weighted by Crippen LogP contribution is 2.55. The first-order chi connectivity index (χ1) is 4.36. The van der Waals surface area contributed by atoms with E-state index in [9.17, 15) is 8.78 Å². The molecule has 1 rings (SSSR count). The maximum Gasteiger partial charge on any atom is 0.249 e. The minimum Gasteiger partial charge on any atom is -0.207 e. The average molecular weight is 148 g/mol. The largest absolute Gasteiger partial charge is 0.249 e. The minimum atomic E-state index is -2.36. The monoisotopic (exact) mass is 148 g/mol. The molecule has 1 aliphatic carbocycles. The van der Waals surface area contributed by atoms with E-state index >= 15 is 0 Å². The fraction of sp³-hybridized carbons (Fsp3) is 1.00. The van der Waals surface area contributed by atoms with E-state index in [1.165, 1.54) is 0 Å². The lowest BCUT2D eigenvalue weighted by Crippen LogP contribution is -2.47. The highest BCUT2D eigenvalue weighted by Gasteiger charge is 2.54. The summed E-state index contributed by atoms with van der Waals surface area (Å²) in [5, 5.41) is 0. The first kappa shape index (κ1) is 7.96. The average Bonchev–Trinajstić information content (AvgIpc) is 1.59. The van der Waals surface area contributed by atoms with Crippen molar-refractivity contribution in [3.8, 4) is 0 Å². The predicted octanol–water partition coefficient (Wildman–Crippen LogP) is 3.08. The molecule has 0 nitrogen and oxygen atoms in total. The van der Waals surface area contributed by atoms with Gasteiger partial charge in [-0.05, 0) is 11.3 Å². The molecule has 0 spiro atoms. The van der Waals surface area contributed by atoms with Gasteiger partial charge in [-0.2, -0.15) is 0 Å². The first-order valence-electron chi connectivity index (χ1n) is 3.74. The van der Waals surface area contributed by atoms with Crippen LogP contribution in [0.3, 0.4) is 0 Å². The van der Waals surface area contributed by atoms with Crippen molar-refractivity contribution in [2.75, 3.05) is 0 Å². The topological polar surface area (TPSA) is 0 Å². The van der Waals surface area contributed by atoms with Crippen LogP contribution in [0.5, 0.6) is 0 Å². The number of halogens is 2. The van der Waals surface area contributed by atoms with Crippen molar-refractivity contribution in [1.29, 1.82) is 0 Å². The van der Waals surface area contributed by atoms with E-state index in [-0.39, 0.29) is 18.3 Å². The van der Waals surface area contributed by atoms with Gasteiger partial charge in [0.1, 0.15) is 0 Å². The molecule has 60 valence electrons. The van der Waals surface area contributed by atoms with E-state index in [0.717, 1.165) is 0 Å². The van der Waals surface area contributed by atoms with Crippen LogP contribution in [0.1, 0.15) is 33.6 Å². The number of hydrogen-bond donors (Lipinski definition) is 0. The molecule has 0 radical (unpaired) electrons. The molecule has 0 aromatic heterocycles. The lowest BCUT2D eigenvalue weighted by atomic mass is 9.61. The smallest absolute Gasteiger partial charge is 0.207 e. The molecular weight excluding hydrogens is 134 g/mol. The molecule has 10 heavy (non-hydrogen) atoms. The van der Waals surface area contributed by atoms with Gasteiger partial charge >= 0.3 is 0 Å². The van der Waals surface area contributed by atoms with Gasteiger partial charge in [0.25, 0.3) is 0 Å². The lowest BCUT2D eigenvalue weighted by molar-refractivity contribution is -0.170. The van der Waals surface area contributed by atoms with Crippen LogP contribution in [-0.2, 0) is 0 Å². The molecule has 0 amide bonds. The highest BCUT2D eigenvalue weighted by atomic mass is 19.3. The van der Waals surface area contributed by atoms with Crippen LogP contribution in [0, 0.1) is 11.3 Å². The second kappa shape index (κ2) is 1.93. The Bertz CT molecular complexity index is 130. The molecule has 0 unspecified atom stereocenters. The van der Waals surface area contributed by atoms with Crippen molar-refractivity contribution in [2.24, 2.45) is 11.3 Å². The van der Waals surface area contributed by atoms with Gasteiger partial charge in [0.2, 0.25) is 5.92 Å². The Morgan fingerprint density at radius 1 is 1.20 bits per heavy atom. The summed E-state index contributed by atoms with van der Waals surface area (Å²) in [5.74, 6) is -1.98. The highest BCUT2D eigenvalue weighted by molar-refractivity contribution is 4.97. The third kappa shape index (κ3) is 1.16. The molecule has 0 atom stereocenters. The molecule has 1 saturated carbocycles. The van der Waals surface area contributed by atoms with Gasteiger partial charge in [0, 0.05) is 12.8 Å². The zero-order valence-corrected chi connectivity index (χ0v) is 6.75. The van der Waals surface area contributed by atoms with Crippen molar-refractivity contribution in [2.45, 2.75) is 39.5 Å². The van der Waals surface area contributed by atoms with Gasteiger partial charge in [-0.1, -0.05) is 20.8 Å². The summed E-state index contributed by atoms with van der Waals surface area (Å²) in [6, 6.07) is 0. The molecule has 2 heteroatoms. The third-order valence-electron chi connectivity index (χ3n) is 2.72. The number of alkyl halides is 2. The van der Waals surface area contributed by atoms with Crippen LogP contribution in [0.2, 0.25) is 0 Å². The molecule has 1 fully saturated rings. The molecule has 0 saturated heterocycles. The van der Waals surface area contributed by atoms with Crippen molar-refractivity contribution >= 4 is 0 Å². The Morgan fingerprint density at radius 2 is 1.60 bits per heavy atom. The SMILES string of the molecule is CC(C)C1(C)CC(F)(F)C1. The molecule has 0 N–H and O–H groups in total. The first-order valence-corrected chi connectivity index (χ1v) is 3.74. The Labute approximate surface area is 60.6 Å². The summed E-state index contributed by atoms with van der Waals surface area (Å²) in [6.45, 7) is 5.96. The molecule has 0 aliphatic heterocycles. The number of hydrogen-bond acceptors (Lipinski definition) is 0. The maximum absolute atomic E-state index is 12.4. The van der Waals surface area contributed by atoms with Gasteiger partial charge in [0.05, 0.1) is 0 Å². The Morgan fingerprint density at radius 3 is 1.70 bits per heavy atom. The number of rotatable bonds is 1. The lowest BCUT2D eigenvalue weighted by Gasteiger charge is -2.47. The molecule has 1 aliphatic rings. The van der Waals surface area contributed by atoms with Crippen LogP contribution >= 0.6 is 0 Å². The standard InChI is InChI=1S/C8H14F2/c1-6(2)7(3)4-8(9,10)5-7/h6H,4-5H2,1-3H3. The van der Waals surface area contributed by atoms with Crippen molar-refractivity contribution in [3.05, 3.63) is 0 Å². The fourth-order valence-electron chi connectivity index (χ4n) is 1.54. The quantitative estimate of drug-likeness (QED) is 0.536. The van der Waals surface area contributed by atoms with Crippen LogP contribution in [0.4, 0.5) is 8.78 Å². The Kier molecular flexibility index (Phi) is 1.53. The van der Waals surface area contributed by atoms with Crippen LogP contribution in [-0.4, -0.2) is 5.92 Å². The summed E-state index contributed by atoms with van der Waals surface area (Å²) in [4.78, 5) is 0. The molecule has 0 aromatic rings. The molecule has 0 bridgehead atoms. The summed E-state index contributed by atoms with van der Waals surface area (Å²) in [7, 11) is 0. The minimum absolute atomic E-state index is 0.0810. The normalized spacial score (nSPS) is 28.2. The van der Waals surface area contributed by atoms with Gasteiger partial charge in [-0.3, -0.25) is 0 Å². The summed E-state index contributed by atoms with van der Waals surface area (Å²) < 4.78 is 24.8. The van der Waals surface area contributed by atoms with E-state index in [1.807, 2.05) is 20.8 Å². The molecule has 0 aromatic carbocycles. The van der Waals surface area contributed by atoms with E-state index in [0.29, 0.717) is 5.92 Å². The van der Waals surface area contributed by atoms with Crippen LogP contribution in [0.15, 0.2) is 0 Å². The maximum atomic E-state index is 12.4. The zero-order chi connectivity index (χ0) is 7.99. The van der Waals surface area contributed by atoms with Crippen LogP contribution in [0.25, 0.3) is 0 Å². The second-order valence-electron chi connectivity index (χ2n) is 4.02. The Balaban J connectivity index is 2.50. The second-order valence-corrected chi connectivity index (χ2v) is 4.02. The van der Waals surface area contributed by atoms with Gasteiger partial charge < -0.3 is 0 Å². The summed E-state index contributed by atoms with van der Waals surface area (Å²) >= 11 is 0. The van der Waals surface area contributed by atoms with Gasteiger partial charge in [0.15, 0.2) is 0 Å². The van der Waals surface area contributed by atoms with E-state index < -0.39 is 5.92 Å². The zero-order valence-electron chi connectivity index (χ0n) is 6.75. The predicted molar refractivity (Wildman–Crippen MR) is 37.1 cm³/mol. The van der Waals surface area contributed by atoms with E-state index in [2.05, 4.69) is 0 Å². The van der Waals surface area contributed by atoms with Crippen molar-refractivity contribution < 1.29 is 8.78 Å². The Hall–Kier alpha value is -0.140. The van der Waals surface area contributed by atoms with E-state index in [4.69, 9.17) is 0 Å². The molecule has 0 heterocycles. The van der Waals surface area contributed by atoms with Gasteiger partial charge in [-0.25, -0.2) is 8.78 Å². The third-order valence-corrected chi connectivity index (χ3v) is 2.72. The molecular formula is C8H14F2. The van der Waals surface area contributed by atoms with Crippen LogP contribution < -0.4 is 0 Å².